The number of aryl methyl sites for hydroxylation is 1. The van der Waals surface area contributed by atoms with E-state index < -0.39 is 32.1 Å². The first-order chi connectivity index (χ1) is 9.72. The maximum atomic E-state index is 12.2. The van der Waals surface area contributed by atoms with Crippen LogP contribution in [0.25, 0.3) is 0 Å². The van der Waals surface area contributed by atoms with Crippen molar-refractivity contribution in [2.45, 2.75) is 11.1 Å². The first-order valence-corrected chi connectivity index (χ1v) is 8.57. The van der Waals surface area contributed by atoms with Crippen LogP contribution in [-0.2, 0) is 10.0 Å². The summed E-state index contributed by atoms with van der Waals surface area (Å²) in [5.41, 5.74) is -0.247. The number of anilines is 1. The number of nitrogens with one attached hydrogen (secondary N) is 1. The number of sulfonamides is 1. The van der Waals surface area contributed by atoms with E-state index >= 15 is 0 Å². The number of hydrogen-bond donors (Lipinski definition) is 2. The fourth-order valence-electron chi connectivity index (χ4n) is 1.53. The van der Waals surface area contributed by atoms with E-state index in [9.17, 15) is 23.6 Å². The minimum absolute atomic E-state index is 0.00979. The maximum absolute atomic E-state index is 12.2. The van der Waals surface area contributed by atoms with Gasteiger partial charge in [0, 0.05) is 6.07 Å². The Morgan fingerprint density at radius 1 is 1.43 bits per heavy atom. The number of nitro benzene ring substituents is 1. The van der Waals surface area contributed by atoms with E-state index in [0.717, 1.165) is 23.0 Å². The lowest BCUT2D eigenvalue weighted by Crippen LogP contribution is -2.13. The smallest absolute Gasteiger partial charge is 0.297 e. The Balaban J connectivity index is 2.49. The van der Waals surface area contributed by atoms with Crippen LogP contribution in [0.5, 0.6) is 5.75 Å². The number of rotatable bonds is 4. The highest BCUT2D eigenvalue weighted by molar-refractivity contribution is 9.11. The minimum atomic E-state index is -4.02. The van der Waals surface area contributed by atoms with Gasteiger partial charge in [-0.3, -0.25) is 14.8 Å². The fraction of sp³-hybridized carbons (Fsp3) is 0.0909. The van der Waals surface area contributed by atoms with E-state index in [1.54, 1.807) is 6.92 Å². The van der Waals surface area contributed by atoms with Crippen molar-refractivity contribution in [1.29, 1.82) is 0 Å². The van der Waals surface area contributed by atoms with Gasteiger partial charge in [-0.05, 0) is 40.5 Å². The standard InChI is InChI=1S/C11H9BrN2O5S2/c1-6-5-9(20-11(6)12)21(18,19)13-10-7(14(16)17)3-2-4-8(10)15/h2-5,13,15H,1H3. The molecule has 0 fully saturated rings. The summed E-state index contributed by atoms with van der Waals surface area (Å²) in [6.07, 6.45) is 0. The molecule has 1 aromatic carbocycles. The number of nitro groups is 1. The van der Waals surface area contributed by atoms with E-state index in [4.69, 9.17) is 0 Å². The largest absolute Gasteiger partial charge is 0.505 e. The number of halogens is 1. The number of hydrogen-bond acceptors (Lipinski definition) is 6. The van der Waals surface area contributed by atoms with Crippen LogP contribution < -0.4 is 4.72 Å². The molecule has 0 aliphatic rings. The van der Waals surface area contributed by atoms with Crippen LogP contribution in [-0.4, -0.2) is 18.4 Å². The van der Waals surface area contributed by atoms with Gasteiger partial charge in [0.2, 0.25) is 0 Å². The average Bonchev–Trinajstić information content (AvgIpc) is 2.72. The quantitative estimate of drug-likeness (QED) is 0.471. The minimum Gasteiger partial charge on any atom is -0.505 e. The average molecular weight is 393 g/mol. The summed E-state index contributed by atoms with van der Waals surface area (Å²) in [5.74, 6) is -0.514. The third kappa shape index (κ3) is 3.17. The van der Waals surface area contributed by atoms with Gasteiger partial charge in [-0.2, -0.15) is 0 Å². The second kappa shape index (κ2) is 5.62. The van der Waals surface area contributed by atoms with Gasteiger partial charge in [0.05, 0.1) is 8.71 Å². The van der Waals surface area contributed by atoms with Gasteiger partial charge in [-0.25, -0.2) is 8.42 Å². The molecular formula is C11H9BrN2O5S2. The fourth-order valence-corrected chi connectivity index (χ4v) is 4.85. The summed E-state index contributed by atoms with van der Waals surface area (Å²) in [7, 11) is -4.02. The highest BCUT2D eigenvalue weighted by Gasteiger charge is 2.25. The number of phenolic OH excluding ortho intramolecular Hbond substituents is 1. The van der Waals surface area contributed by atoms with Crippen molar-refractivity contribution in [2.75, 3.05) is 4.72 Å². The maximum Gasteiger partial charge on any atom is 0.297 e. The molecule has 2 rings (SSSR count). The van der Waals surface area contributed by atoms with Gasteiger partial charge in [0.15, 0.2) is 5.69 Å². The Kier molecular flexibility index (Phi) is 4.21. The van der Waals surface area contributed by atoms with Crippen LogP contribution in [0.3, 0.4) is 0 Å². The van der Waals surface area contributed by atoms with Gasteiger partial charge < -0.3 is 5.11 Å². The molecule has 2 aromatic rings. The lowest BCUT2D eigenvalue weighted by molar-refractivity contribution is -0.383. The zero-order valence-corrected chi connectivity index (χ0v) is 13.8. The van der Waals surface area contributed by atoms with Crippen molar-refractivity contribution in [3.63, 3.8) is 0 Å². The number of aromatic hydroxyl groups is 1. The Labute approximate surface area is 132 Å². The van der Waals surface area contributed by atoms with Gasteiger partial charge in [-0.15, -0.1) is 11.3 Å². The van der Waals surface area contributed by atoms with Crippen molar-refractivity contribution in [2.24, 2.45) is 0 Å². The van der Waals surface area contributed by atoms with E-state index in [-0.39, 0.29) is 4.21 Å². The molecule has 0 amide bonds. The number of phenols is 1. The predicted molar refractivity (Wildman–Crippen MR) is 82.3 cm³/mol. The second-order valence-electron chi connectivity index (χ2n) is 4.06. The molecule has 21 heavy (non-hydrogen) atoms. The van der Waals surface area contributed by atoms with Gasteiger partial charge in [0.1, 0.15) is 9.96 Å². The molecule has 0 atom stereocenters. The summed E-state index contributed by atoms with van der Waals surface area (Å²) in [4.78, 5) is 10.1. The molecule has 2 N–H and O–H groups in total. The van der Waals surface area contributed by atoms with Crippen molar-refractivity contribution in [1.82, 2.24) is 0 Å². The molecule has 0 bridgehead atoms. The molecular weight excluding hydrogens is 384 g/mol. The first-order valence-electron chi connectivity index (χ1n) is 5.47. The molecule has 0 saturated carbocycles. The Bertz CT molecular complexity index is 797. The molecule has 0 spiro atoms. The van der Waals surface area contributed by atoms with Crippen LogP contribution in [0.1, 0.15) is 5.56 Å². The molecule has 0 unspecified atom stereocenters. The molecule has 112 valence electrons. The zero-order chi connectivity index (χ0) is 15.8. The molecule has 0 aliphatic heterocycles. The third-order valence-electron chi connectivity index (χ3n) is 2.55. The van der Waals surface area contributed by atoms with Crippen molar-refractivity contribution < 1.29 is 18.4 Å². The summed E-state index contributed by atoms with van der Waals surface area (Å²) in [6.45, 7) is 1.72. The summed E-state index contributed by atoms with van der Waals surface area (Å²) >= 11 is 4.19. The Morgan fingerprint density at radius 3 is 2.62 bits per heavy atom. The molecule has 10 heteroatoms. The van der Waals surface area contributed by atoms with E-state index in [0.29, 0.717) is 3.79 Å². The topological polar surface area (TPSA) is 110 Å². The van der Waals surface area contributed by atoms with Crippen LogP contribution >= 0.6 is 27.3 Å². The number of thiophene rings is 1. The molecule has 1 heterocycles. The van der Waals surface area contributed by atoms with E-state index in [2.05, 4.69) is 20.7 Å². The molecule has 0 radical (unpaired) electrons. The van der Waals surface area contributed by atoms with E-state index in [1.807, 2.05) is 0 Å². The predicted octanol–water partition coefficient (Wildman–Crippen LogP) is 3.23. The van der Waals surface area contributed by atoms with Crippen LogP contribution in [0.15, 0.2) is 32.3 Å². The first kappa shape index (κ1) is 15.7. The molecule has 1 aromatic heterocycles. The van der Waals surface area contributed by atoms with Gasteiger partial charge in [0.25, 0.3) is 15.7 Å². The summed E-state index contributed by atoms with van der Waals surface area (Å²) in [6, 6.07) is 4.97. The Morgan fingerprint density at radius 2 is 2.10 bits per heavy atom. The Hall–Kier alpha value is -1.65. The van der Waals surface area contributed by atoms with Crippen LogP contribution in [0, 0.1) is 17.0 Å². The van der Waals surface area contributed by atoms with Crippen LogP contribution in [0.4, 0.5) is 11.4 Å². The monoisotopic (exact) mass is 392 g/mol. The van der Waals surface area contributed by atoms with Crippen molar-refractivity contribution >= 4 is 48.7 Å². The number of nitrogens with zero attached hydrogens (tertiary/aromatic N) is 1. The summed E-state index contributed by atoms with van der Waals surface area (Å²) in [5, 5.41) is 20.6. The van der Waals surface area contributed by atoms with E-state index in [1.165, 1.54) is 18.2 Å². The number of para-hydroxylation sites is 1. The number of benzene rings is 1. The highest BCUT2D eigenvalue weighted by atomic mass is 79.9. The molecule has 7 nitrogen and oxygen atoms in total. The highest BCUT2D eigenvalue weighted by Crippen LogP contribution is 2.37. The van der Waals surface area contributed by atoms with Crippen molar-refractivity contribution in [3.05, 3.63) is 43.7 Å². The van der Waals surface area contributed by atoms with Crippen LogP contribution in [0.2, 0.25) is 0 Å². The third-order valence-corrected chi connectivity index (χ3v) is 6.51. The SMILES string of the molecule is Cc1cc(S(=O)(=O)Nc2c(O)cccc2[N+](=O)[O-])sc1Br. The summed E-state index contributed by atoms with van der Waals surface area (Å²) < 4.78 is 27.2. The molecule has 0 aliphatic carbocycles. The van der Waals surface area contributed by atoms with Gasteiger partial charge in [-0.1, -0.05) is 6.07 Å². The van der Waals surface area contributed by atoms with Crippen molar-refractivity contribution in [3.8, 4) is 5.75 Å². The second-order valence-corrected chi connectivity index (χ2v) is 8.34. The normalized spacial score (nSPS) is 11.3. The zero-order valence-electron chi connectivity index (χ0n) is 10.5. The van der Waals surface area contributed by atoms with Gasteiger partial charge >= 0.3 is 0 Å². The lowest BCUT2D eigenvalue weighted by atomic mass is 10.2. The lowest BCUT2D eigenvalue weighted by Gasteiger charge is -2.08. The molecule has 0 saturated heterocycles.